The third kappa shape index (κ3) is 9.76. The monoisotopic (exact) mass is 685 g/mol. The number of Topliss-reactive ketones (excluding diaryl/α,β-unsaturated/α-hetero) is 1. The van der Waals surface area contributed by atoms with Crippen molar-refractivity contribution >= 4 is 35.5 Å². The van der Waals surface area contributed by atoms with E-state index in [0.717, 1.165) is 32.1 Å². The van der Waals surface area contributed by atoms with Crippen LogP contribution in [0.5, 0.6) is 0 Å². The number of hydrogen-bond acceptors (Lipinski definition) is 7. The van der Waals surface area contributed by atoms with Crippen molar-refractivity contribution in [2.45, 2.75) is 150 Å². The van der Waals surface area contributed by atoms with Crippen LogP contribution in [0.2, 0.25) is 0 Å². The molecule has 2 aliphatic carbocycles. The number of terminal acetylenes is 1. The maximum absolute atomic E-state index is 14.7. The van der Waals surface area contributed by atoms with E-state index in [9.17, 15) is 28.8 Å². The first-order chi connectivity index (χ1) is 22.5. The molecular weight excluding hydrogens is 626 g/mol. The van der Waals surface area contributed by atoms with Crippen LogP contribution in [0, 0.1) is 40.4 Å². The molecule has 274 valence electrons. The van der Waals surface area contributed by atoms with E-state index in [-0.39, 0.29) is 18.9 Å². The molecule has 0 bridgehead atoms. The summed E-state index contributed by atoms with van der Waals surface area (Å²) < 4.78 is 5.60. The number of nitrogens with two attached hydrogens (primary N) is 1. The highest BCUT2D eigenvalue weighted by Gasteiger charge is 2.53. The van der Waals surface area contributed by atoms with Crippen molar-refractivity contribution in [3.8, 4) is 12.3 Å². The first-order valence-electron chi connectivity index (χ1n) is 17.7. The van der Waals surface area contributed by atoms with E-state index in [0.29, 0.717) is 19.3 Å². The Bertz CT molecular complexity index is 1330. The van der Waals surface area contributed by atoms with Gasteiger partial charge in [0.15, 0.2) is 0 Å². The molecule has 12 nitrogen and oxygen atoms in total. The standard InChI is InChI=1S/C37H59N5O7/c1-11-36(8,9)23-17-20-42(25(23)30(45)39-24(26(43)29(38)44)21-22-15-14-16-22)31(46)27(37(10)18-12-13-19-37)40-33(48)41-28(34(2,3)4)32(47)49-35(5,6)7/h1,22-25,27-28H,12-21H2,2-10H3,(H2,38,44)(H,39,45)(H2,40,41,48)/t23-,24?,25-,27+,28+/m0/s1. The van der Waals surface area contributed by atoms with E-state index in [2.05, 4.69) is 21.9 Å². The fraction of sp³-hybridized carbons (Fsp3) is 0.784. The number of urea groups is 1. The topological polar surface area (TPSA) is 177 Å². The van der Waals surface area contributed by atoms with Crippen LogP contribution >= 0.6 is 0 Å². The van der Waals surface area contributed by atoms with Gasteiger partial charge in [-0.2, -0.15) is 0 Å². The van der Waals surface area contributed by atoms with Crippen molar-refractivity contribution in [2.24, 2.45) is 33.8 Å². The molecule has 0 spiro atoms. The van der Waals surface area contributed by atoms with E-state index < -0.39 is 87.4 Å². The number of amides is 5. The Hall–Kier alpha value is -3.62. The van der Waals surface area contributed by atoms with Crippen LogP contribution in [0.3, 0.4) is 0 Å². The number of nitrogens with one attached hydrogen (secondary N) is 3. The van der Waals surface area contributed by atoms with Crippen molar-refractivity contribution < 1.29 is 33.5 Å². The molecule has 3 fully saturated rings. The molecule has 12 heteroatoms. The Balaban J connectivity index is 1.96. The fourth-order valence-corrected chi connectivity index (χ4v) is 7.41. The maximum atomic E-state index is 14.7. The molecule has 1 heterocycles. The number of ketones is 1. The average Bonchev–Trinajstić information content (AvgIpc) is 3.61. The number of rotatable bonds is 12. The third-order valence-electron chi connectivity index (χ3n) is 10.7. The lowest BCUT2D eigenvalue weighted by atomic mass is 9.74. The number of esters is 1. The van der Waals surface area contributed by atoms with Crippen molar-refractivity contribution in [3.05, 3.63) is 0 Å². The number of hydrogen-bond donors (Lipinski definition) is 4. The molecule has 5 amide bonds. The second-order valence-corrected chi connectivity index (χ2v) is 17.3. The van der Waals surface area contributed by atoms with Gasteiger partial charge in [0, 0.05) is 17.9 Å². The van der Waals surface area contributed by atoms with Crippen LogP contribution in [0.15, 0.2) is 0 Å². The lowest BCUT2D eigenvalue weighted by Crippen LogP contribution is -2.63. The minimum Gasteiger partial charge on any atom is -0.458 e. The van der Waals surface area contributed by atoms with E-state index in [4.69, 9.17) is 16.9 Å². The van der Waals surface area contributed by atoms with Gasteiger partial charge in [-0.25, -0.2) is 9.59 Å². The second kappa shape index (κ2) is 15.1. The lowest BCUT2D eigenvalue weighted by Gasteiger charge is -2.40. The molecule has 3 rings (SSSR count). The summed E-state index contributed by atoms with van der Waals surface area (Å²) in [6.07, 6.45) is 12.5. The number of likely N-dealkylation sites (tertiary alicyclic amines) is 1. The van der Waals surface area contributed by atoms with Gasteiger partial charge in [0.2, 0.25) is 17.6 Å². The SMILES string of the molecule is C#CC(C)(C)[C@H]1CCN(C(=O)[C@@H](NC(=O)N[C@H](C(=O)OC(C)(C)C)C(C)(C)C)C2(C)CCCC2)[C@@H]1C(=O)NC(CC1CCC1)C(=O)C(N)=O. The molecule has 0 aromatic carbocycles. The van der Waals surface area contributed by atoms with E-state index in [1.165, 1.54) is 4.90 Å². The summed E-state index contributed by atoms with van der Waals surface area (Å²) in [6.45, 7) is 16.5. The minimum atomic E-state index is -1.13. The summed E-state index contributed by atoms with van der Waals surface area (Å²) in [5, 5.41) is 8.45. The molecule has 0 radical (unpaired) electrons. The van der Waals surface area contributed by atoms with E-state index in [1.807, 2.05) is 41.5 Å². The summed E-state index contributed by atoms with van der Waals surface area (Å²) >= 11 is 0. The molecule has 3 aliphatic rings. The molecule has 0 aromatic heterocycles. The smallest absolute Gasteiger partial charge is 0.329 e. The molecule has 5 atom stereocenters. The van der Waals surface area contributed by atoms with Gasteiger partial charge in [0.05, 0.1) is 6.04 Å². The Morgan fingerprint density at radius 1 is 0.918 bits per heavy atom. The molecule has 1 aliphatic heterocycles. The number of primary amides is 1. The highest BCUT2D eigenvalue weighted by Crippen LogP contribution is 2.44. The van der Waals surface area contributed by atoms with Crippen LogP contribution in [0.1, 0.15) is 120 Å². The minimum absolute atomic E-state index is 0.180. The van der Waals surface area contributed by atoms with Gasteiger partial charge >= 0.3 is 12.0 Å². The summed E-state index contributed by atoms with van der Waals surface area (Å²) in [5.74, 6) is -1.16. The second-order valence-electron chi connectivity index (χ2n) is 17.3. The van der Waals surface area contributed by atoms with Crippen molar-refractivity contribution in [1.82, 2.24) is 20.9 Å². The molecule has 1 saturated heterocycles. The summed E-state index contributed by atoms with van der Waals surface area (Å²) in [7, 11) is 0. The lowest BCUT2D eigenvalue weighted by molar-refractivity contribution is -0.160. The Morgan fingerprint density at radius 2 is 1.51 bits per heavy atom. The van der Waals surface area contributed by atoms with Crippen LogP contribution in [0.25, 0.3) is 0 Å². The quantitative estimate of drug-likeness (QED) is 0.138. The summed E-state index contributed by atoms with van der Waals surface area (Å²) in [5.41, 5.74) is 2.45. The van der Waals surface area contributed by atoms with Crippen LogP contribution in [-0.2, 0) is 28.7 Å². The van der Waals surface area contributed by atoms with Crippen molar-refractivity contribution in [1.29, 1.82) is 0 Å². The molecule has 0 aromatic rings. The molecule has 49 heavy (non-hydrogen) atoms. The van der Waals surface area contributed by atoms with Gasteiger partial charge in [-0.15, -0.1) is 12.3 Å². The number of carbonyl (C=O) groups is 6. The maximum Gasteiger partial charge on any atom is 0.329 e. The summed E-state index contributed by atoms with van der Waals surface area (Å²) in [4.78, 5) is 82.1. The zero-order chi connectivity index (χ0) is 37.1. The third-order valence-corrected chi connectivity index (χ3v) is 10.7. The first-order valence-corrected chi connectivity index (χ1v) is 17.7. The molecule has 2 saturated carbocycles. The number of carbonyl (C=O) groups excluding carboxylic acids is 6. The van der Waals surface area contributed by atoms with Crippen molar-refractivity contribution in [2.75, 3.05) is 6.54 Å². The zero-order valence-electron chi connectivity index (χ0n) is 31.0. The number of ether oxygens (including phenoxy) is 1. The highest BCUT2D eigenvalue weighted by molar-refractivity contribution is 6.37. The molecule has 5 N–H and O–H groups in total. The summed E-state index contributed by atoms with van der Waals surface area (Å²) in [6, 6.07) is -4.93. The van der Waals surface area contributed by atoms with Crippen LogP contribution in [0.4, 0.5) is 4.79 Å². The van der Waals surface area contributed by atoms with Gasteiger partial charge in [-0.05, 0) is 77.0 Å². The van der Waals surface area contributed by atoms with Gasteiger partial charge in [-0.1, -0.05) is 59.8 Å². The van der Waals surface area contributed by atoms with Gasteiger partial charge in [-0.3, -0.25) is 19.2 Å². The Kier molecular flexibility index (Phi) is 12.3. The normalized spacial score (nSPS) is 22.9. The first kappa shape index (κ1) is 39.8. The Morgan fingerprint density at radius 3 is 1.98 bits per heavy atom. The van der Waals surface area contributed by atoms with Crippen molar-refractivity contribution in [3.63, 3.8) is 0 Å². The number of nitrogens with zero attached hydrogens (tertiary/aromatic N) is 1. The highest BCUT2D eigenvalue weighted by atomic mass is 16.6. The average molecular weight is 686 g/mol. The fourth-order valence-electron chi connectivity index (χ4n) is 7.41. The van der Waals surface area contributed by atoms with Gasteiger partial charge in [0.1, 0.15) is 23.7 Å². The predicted molar refractivity (Wildman–Crippen MR) is 185 cm³/mol. The van der Waals surface area contributed by atoms with Crippen LogP contribution in [-0.4, -0.2) is 76.7 Å². The molecule has 1 unspecified atom stereocenters. The van der Waals surface area contributed by atoms with Gasteiger partial charge < -0.3 is 31.3 Å². The largest absolute Gasteiger partial charge is 0.458 e. The van der Waals surface area contributed by atoms with Crippen LogP contribution < -0.4 is 21.7 Å². The zero-order valence-corrected chi connectivity index (χ0v) is 31.0. The predicted octanol–water partition coefficient (Wildman–Crippen LogP) is 3.60. The van der Waals surface area contributed by atoms with E-state index >= 15 is 0 Å². The van der Waals surface area contributed by atoms with E-state index in [1.54, 1.807) is 20.8 Å². The van der Waals surface area contributed by atoms with Gasteiger partial charge in [0.25, 0.3) is 5.91 Å². The molecular formula is C37H59N5O7. The Labute approximate surface area is 292 Å².